The second-order valence-corrected chi connectivity index (χ2v) is 21.0. The second-order valence-electron chi connectivity index (χ2n) is 21.0. The molecule has 2 aromatic heterocycles. The average Bonchev–Trinajstić information content (AvgIpc) is 4.06. The zero-order valence-electron chi connectivity index (χ0n) is 43.9. The molecular weight excluding hydrogens is 927 g/mol. The Morgan fingerprint density at radius 2 is 1.24 bits per heavy atom. The van der Waals surface area contributed by atoms with E-state index in [0.29, 0.717) is 36.8 Å². The highest BCUT2D eigenvalue weighted by Gasteiger charge is 2.38. The Labute approximate surface area is 436 Å². The van der Waals surface area contributed by atoms with E-state index in [1.165, 1.54) is 45.0 Å². The van der Waals surface area contributed by atoms with E-state index >= 15 is 0 Å². The lowest BCUT2D eigenvalue weighted by Crippen LogP contribution is -2.40. The van der Waals surface area contributed by atoms with Crippen LogP contribution in [0.1, 0.15) is 149 Å². The van der Waals surface area contributed by atoms with Gasteiger partial charge >= 0.3 is 11.9 Å². The van der Waals surface area contributed by atoms with Crippen LogP contribution in [0.5, 0.6) is 11.5 Å². The molecule has 0 spiro atoms. The number of para-hydroxylation sites is 1. The first-order valence-electron chi connectivity index (χ1n) is 26.6. The van der Waals surface area contributed by atoms with Crippen molar-refractivity contribution in [2.45, 2.75) is 147 Å². The number of fused-ring (bicyclic) bond motifs is 3. The normalized spacial score (nSPS) is 17.0. The predicted molar refractivity (Wildman–Crippen MR) is 292 cm³/mol. The van der Waals surface area contributed by atoms with Crippen molar-refractivity contribution in [2.75, 3.05) is 6.61 Å². The fraction of sp³-hybridized carbons (Fsp3) is 0.397. The summed E-state index contributed by atoms with van der Waals surface area (Å²) in [6.07, 6.45) is 10.6. The molecule has 0 aliphatic heterocycles. The van der Waals surface area contributed by atoms with Crippen LogP contribution in [0.25, 0.3) is 21.9 Å². The SMILES string of the molecule is CCC(C)(Oc1ccc(C2(c3ccc(OC(C)(CC)C(=O)O)cc3)CCCCC2)cc1)C(=O)O.Cc1cc(C)c2c3ccccc3n(Cc3ccc([C@H](C(=O)N[C@@H](CO)c4ccccc4)C4CCCC4)cc3)c2n1. The van der Waals surface area contributed by atoms with E-state index in [-0.39, 0.29) is 23.8 Å². The van der Waals surface area contributed by atoms with Crippen LogP contribution in [0, 0.1) is 19.8 Å². The lowest BCUT2D eigenvalue weighted by molar-refractivity contribution is -0.154. The molecule has 1 amide bonds. The number of rotatable bonds is 18. The average molecular weight is 1000 g/mol. The van der Waals surface area contributed by atoms with Gasteiger partial charge in [-0.25, -0.2) is 14.6 Å². The highest BCUT2D eigenvalue weighted by Crippen LogP contribution is 2.46. The summed E-state index contributed by atoms with van der Waals surface area (Å²) in [7, 11) is 0. The van der Waals surface area contributed by atoms with E-state index in [4.69, 9.17) is 14.5 Å². The van der Waals surface area contributed by atoms with Gasteiger partial charge in [0.25, 0.3) is 0 Å². The molecule has 74 heavy (non-hydrogen) atoms. The van der Waals surface area contributed by atoms with Gasteiger partial charge in [0.2, 0.25) is 17.1 Å². The minimum absolute atomic E-state index is 0.0000936. The van der Waals surface area contributed by atoms with Gasteiger partial charge in [0.1, 0.15) is 17.1 Å². The molecule has 11 heteroatoms. The highest BCUT2D eigenvalue weighted by molar-refractivity contribution is 6.08. The van der Waals surface area contributed by atoms with Gasteiger partial charge in [0.15, 0.2) is 0 Å². The monoisotopic (exact) mass is 1000 g/mol. The molecule has 9 rings (SSSR count). The Morgan fingerprint density at radius 1 is 0.703 bits per heavy atom. The topological polar surface area (TPSA) is 160 Å². The van der Waals surface area contributed by atoms with Crippen LogP contribution in [-0.2, 0) is 26.3 Å². The van der Waals surface area contributed by atoms with Gasteiger partial charge in [-0.3, -0.25) is 4.79 Å². The molecule has 2 fully saturated rings. The number of amides is 1. The summed E-state index contributed by atoms with van der Waals surface area (Å²) in [6.45, 7) is 11.6. The number of ether oxygens (including phenoxy) is 2. The maximum Gasteiger partial charge on any atom is 0.347 e. The molecule has 2 saturated carbocycles. The number of aryl methyl sites for hydroxylation is 2. The van der Waals surface area contributed by atoms with Gasteiger partial charge in [-0.15, -0.1) is 0 Å². The summed E-state index contributed by atoms with van der Waals surface area (Å²) in [6, 6.07) is 44.2. The lowest BCUT2D eigenvalue weighted by Gasteiger charge is -2.39. The number of aliphatic hydroxyl groups is 1. The van der Waals surface area contributed by atoms with Crippen LogP contribution in [-0.4, -0.2) is 60.5 Å². The van der Waals surface area contributed by atoms with Crippen molar-refractivity contribution >= 4 is 39.8 Å². The molecular formula is C63H73N3O8. The van der Waals surface area contributed by atoms with Gasteiger partial charge in [-0.05, 0) is 142 Å². The number of carbonyl (C=O) groups excluding carboxylic acids is 1. The minimum Gasteiger partial charge on any atom is -0.478 e. The number of benzene rings is 5. The third-order valence-corrected chi connectivity index (χ3v) is 16.0. The highest BCUT2D eigenvalue weighted by atomic mass is 16.5. The molecule has 2 unspecified atom stereocenters. The Balaban J connectivity index is 0.000000200. The summed E-state index contributed by atoms with van der Waals surface area (Å²) in [5.41, 5.74) is 7.27. The molecule has 0 saturated heterocycles. The first-order chi connectivity index (χ1) is 35.6. The Morgan fingerprint density at radius 3 is 1.77 bits per heavy atom. The molecule has 4 atom stereocenters. The summed E-state index contributed by atoms with van der Waals surface area (Å²) < 4.78 is 14.0. The molecule has 2 heterocycles. The van der Waals surface area contributed by atoms with Gasteiger partial charge in [0, 0.05) is 28.4 Å². The van der Waals surface area contributed by atoms with Crippen molar-refractivity contribution in [3.8, 4) is 11.5 Å². The van der Waals surface area contributed by atoms with Crippen molar-refractivity contribution in [1.29, 1.82) is 0 Å². The van der Waals surface area contributed by atoms with E-state index in [2.05, 4.69) is 78.3 Å². The summed E-state index contributed by atoms with van der Waals surface area (Å²) >= 11 is 0. The van der Waals surface area contributed by atoms with Crippen molar-refractivity contribution in [1.82, 2.24) is 14.9 Å². The quantitative estimate of drug-likeness (QED) is 0.0656. The zero-order chi connectivity index (χ0) is 52.6. The molecule has 11 nitrogen and oxygen atoms in total. The number of pyridine rings is 1. The smallest absolute Gasteiger partial charge is 0.347 e. The van der Waals surface area contributed by atoms with Crippen LogP contribution < -0.4 is 14.8 Å². The van der Waals surface area contributed by atoms with E-state index in [1.807, 2.05) is 78.9 Å². The minimum atomic E-state index is -1.26. The molecule has 0 radical (unpaired) electrons. The van der Waals surface area contributed by atoms with Crippen LogP contribution in [0.4, 0.5) is 0 Å². The largest absolute Gasteiger partial charge is 0.478 e. The summed E-state index contributed by atoms with van der Waals surface area (Å²) in [5, 5.41) is 34.7. The molecule has 388 valence electrons. The van der Waals surface area contributed by atoms with Crippen molar-refractivity contribution < 1.29 is 39.2 Å². The number of carboxylic acids is 2. The maximum absolute atomic E-state index is 13.7. The van der Waals surface area contributed by atoms with Crippen molar-refractivity contribution in [3.63, 3.8) is 0 Å². The Bertz CT molecular complexity index is 2950. The standard InChI is InChI=1S/C35H37N3O2.C28H36O6/c1-23-20-24(2)36-34-32(23)29-14-8-9-15-31(29)38(34)21-25-16-18-28(19-17-25)33(27-12-6-7-13-27)35(40)37-30(22-39)26-10-4-3-5-11-26;1-5-26(3,24(29)30)33-22-14-10-20(11-15-22)28(18-8-7-9-19-28)21-12-16-23(17-13-21)34-27(4,6-2)25(31)32/h3-5,8-11,14-20,27,30,33,39H,6-7,12-13,21-22H2,1-2H3,(H,37,40);10-17H,5-9,18-19H2,1-4H3,(H,29,30)(H,31,32)/t30-,33+;/m0./s1. The molecule has 2 aliphatic rings. The summed E-state index contributed by atoms with van der Waals surface area (Å²) in [5.74, 6) is -0.794. The van der Waals surface area contributed by atoms with Crippen LogP contribution >= 0.6 is 0 Å². The van der Waals surface area contributed by atoms with Gasteiger partial charge in [0.05, 0.1) is 24.1 Å². The number of aliphatic hydroxyl groups excluding tert-OH is 1. The number of aromatic nitrogens is 2. The van der Waals surface area contributed by atoms with Crippen LogP contribution in [0.3, 0.4) is 0 Å². The number of carboxylic acid groups (broad SMARTS) is 2. The number of aliphatic carboxylic acids is 2. The lowest BCUT2D eigenvalue weighted by atomic mass is 9.65. The number of nitrogens with zero attached hydrogens (tertiary/aromatic N) is 2. The van der Waals surface area contributed by atoms with Crippen LogP contribution in [0.2, 0.25) is 0 Å². The third-order valence-electron chi connectivity index (χ3n) is 16.0. The fourth-order valence-electron chi connectivity index (χ4n) is 11.3. The number of hydrogen-bond acceptors (Lipinski definition) is 7. The first-order valence-corrected chi connectivity index (χ1v) is 26.6. The van der Waals surface area contributed by atoms with E-state index in [0.717, 1.165) is 73.8 Å². The second kappa shape index (κ2) is 23.1. The third kappa shape index (κ3) is 11.4. The fourth-order valence-corrected chi connectivity index (χ4v) is 11.3. The van der Waals surface area contributed by atoms with Gasteiger partial charge in [-0.2, -0.15) is 0 Å². The molecule has 0 bridgehead atoms. The number of carbonyl (C=O) groups is 3. The Kier molecular flexibility index (Phi) is 16.6. The molecule has 7 aromatic rings. The number of nitrogens with one attached hydrogen (secondary N) is 1. The van der Waals surface area contributed by atoms with Crippen molar-refractivity contribution in [3.05, 3.63) is 173 Å². The number of hydrogen-bond donors (Lipinski definition) is 4. The van der Waals surface area contributed by atoms with Crippen LogP contribution in [0.15, 0.2) is 133 Å². The van der Waals surface area contributed by atoms with E-state index < -0.39 is 29.2 Å². The predicted octanol–water partition coefficient (Wildman–Crippen LogP) is 13.2. The molecule has 2 aliphatic carbocycles. The zero-order valence-corrected chi connectivity index (χ0v) is 43.9. The van der Waals surface area contributed by atoms with Crippen molar-refractivity contribution in [2.24, 2.45) is 5.92 Å². The maximum atomic E-state index is 13.7. The van der Waals surface area contributed by atoms with E-state index in [9.17, 15) is 29.7 Å². The molecule has 5 aromatic carbocycles. The van der Waals surface area contributed by atoms with E-state index in [1.54, 1.807) is 27.7 Å². The molecule has 4 N–H and O–H groups in total. The Hall–Kier alpha value is -6.98. The van der Waals surface area contributed by atoms with Gasteiger partial charge in [-0.1, -0.05) is 143 Å². The first kappa shape index (κ1) is 53.3. The summed E-state index contributed by atoms with van der Waals surface area (Å²) in [4.78, 5) is 41.9. The van der Waals surface area contributed by atoms with Gasteiger partial charge < -0.3 is 34.7 Å².